The number of nitrogens with zero attached hydrogens (tertiary/aromatic N) is 3. The molecule has 7 aromatic carbocycles. The Bertz CT molecular complexity index is 2900. The summed E-state index contributed by atoms with van der Waals surface area (Å²) in [5, 5.41) is 7.29. The highest BCUT2D eigenvalue weighted by Crippen LogP contribution is 2.58. The quantitative estimate of drug-likeness (QED) is 0.204. The topological polar surface area (TPSA) is 33.1 Å². The Balaban J connectivity index is 1.38. The third-order valence-corrected chi connectivity index (χ3v) is 10.7. The summed E-state index contributed by atoms with van der Waals surface area (Å²) in [4.78, 5) is 7.55. The fourth-order valence-corrected chi connectivity index (χ4v) is 8.61. The van der Waals surface area contributed by atoms with Crippen molar-refractivity contribution in [2.45, 2.75) is 0 Å². The second kappa shape index (κ2) is 11.3. The number of aromatic nitrogens is 2. The molecule has 0 spiro atoms. The van der Waals surface area contributed by atoms with Gasteiger partial charge in [-0.2, -0.15) is 0 Å². The molecule has 0 saturated carbocycles. The van der Waals surface area contributed by atoms with Crippen LogP contribution in [-0.4, -0.2) is 16.1 Å². The van der Waals surface area contributed by atoms with E-state index in [2.05, 4.69) is 185 Å². The van der Waals surface area contributed by atoms with Gasteiger partial charge in [-0.3, -0.25) is 4.98 Å². The van der Waals surface area contributed by atoms with Gasteiger partial charge in [0.25, 0.3) is 0 Å². The van der Waals surface area contributed by atoms with Crippen LogP contribution in [0, 0.1) is 0 Å². The highest BCUT2D eigenvalue weighted by Gasteiger charge is 2.34. The molecule has 2 aliphatic heterocycles. The van der Waals surface area contributed by atoms with Gasteiger partial charge < -0.3 is 14.8 Å². The molecule has 2 aliphatic rings. The van der Waals surface area contributed by atoms with E-state index in [1.165, 1.54) is 60.8 Å². The Morgan fingerprint density at radius 1 is 0.558 bits per heavy atom. The van der Waals surface area contributed by atoms with E-state index in [0.29, 0.717) is 0 Å². The zero-order valence-corrected chi connectivity index (χ0v) is 28.3. The van der Waals surface area contributed by atoms with Gasteiger partial charge >= 0.3 is 0 Å². The number of anilines is 4. The third-order valence-electron chi connectivity index (χ3n) is 10.7. The number of fused-ring (bicyclic) bond motifs is 14. The van der Waals surface area contributed by atoms with E-state index < -0.39 is 0 Å². The molecule has 52 heavy (non-hydrogen) atoms. The third kappa shape index (κ3) is 4.12. The number of hydrogen-bond donors (Lipinski definition) is 1. The molecular formula is C48H32N4. The summed E-state index contributed by atoms with van der Waals surface area (Å²) in [6, 6.07) is 57.2. The predicted molar refractivity (Wildman–Crippen MR) is 218 cm³/mol. The van der Waals surface area contributed by atoms with Gasteiger partial charge in [0.1, 0.15) is 0 Å². The zero-order chi connectivity index (χ0) is 34.2. The number of hydrogen-bond acceptors (Lipinski definition) is 3. The number of benzene rings is 7. The summed E-state index contributed by atoms with van der Waals surface area (Å²) < 4.78 is 2.46. The van der Waals surface area contributed by atoms with Gasteiger partial charge in [0.2, 0.25) is 0 Å². The van der Waals surface area contributed by atoms with E-state index in [1.54, 1.807) is 0 Å². The lowest BCUT2D eigenvalue weighted by atomic mass is 9.85. The zero-order valence-electron chi connectivity index (χ0n) is 28.3. The van der Waals surface area contributed by atoms with E-state index in [-0.39, 0.29) is 0 Å². The summed E-state index contributed by atoms with van der Waals surface area (Å²) in [6.07, 6.45) is 6.43. The molecule has 4 nitrogen and oxygen atoms in total. The highest BCUT2D eigenvalue weighted by molar-refractivity contribution is 6.23. The predicted octanol–water partition coefficient (Wildman–Crippen LogP) is 12.6. The van der Waals surface area contributed by atoms with Gasteiger partial charge in [0.15, 0.2) is 0 Å². The molecule has 2 aromatic heterocycles. The van der Waals surface area contributed by atoms with E-state index in [9.17, 15) is 0 Å². The molecule has 4 heterocycles. The van der Waals surface area contributed by atoms with Gasteiger partial charge in [-0.25, -0.2) is 0 Å². The molecule has 4 heteroatoms. The van der Waals surface area contributed by atoms with Crippen LogP contribution in [0.2, 0.25) is 0 Å². The number of nitrogens with one attached hydrogen (secondary N) is 1. The maximum absolute atomic E-state index is 5.03. The Morgan fingerprint density at radius 2 is 1.31 bits per heavy atom. The average molecular weight is 665 g/mol. The fourth-order valence-electron chi connectivity index (χ4n) is 8.61. The second-order valence-corrected chi connectivity index (χ2v) is 13.5. The molecule has 1 N–H and O–H groups in total. The van der Waals surface area contributed by atoms with Crippen LogP contribution in [0.5, 0.6) is 0 Å². The average Bonchev–Trinajstić information content (AvgIpc) is 3.49. The monoisotopic (exact) mass is 664 g/mol. The molecule has 0 saturated heterocycles. The minimum atomic E-state index is 0.770. The maximum atomic E-state index is 5.03. The summed E-state index contributed by atoms with van der Waals surface area (Å²) in [5.74, 6) is 0. The summed E-state index contributed by atoms with van der Waals surface area (Å²) in [7, 11) is 0. The number of rotatable bonds is 3. The van der Waals surface area contributed by atoms with E-state index in [1.807, 2.05) is 6.20 Å². The van der Waals surface area contributed by atoms with Crippen molar-refractivity contribution in [3.63, 3.8) is 0 Å². The summed E-state index contributed by atoms with van der Waals surface area (Å²) in [5.41, 5.74) is 17.3. The molecule has 0 radical (unpaired) electrons. The molecule has 244 valence electrons. The van der Waals surface area contributed by atoms with Crippen LogP contribution < -0.4 is 10.2 Å². The smallest absolute Gasteiger partial charge is 0.0946 e. The lowest BCUT2D eigenvalue weighted by molar-refractivity contribution is 1.17. The van der Waals surface area contributed by atoms with Gasteiger partial charge in [-0.15, -0.1) is 0 Å². The van der Waals surface area contributed by atoms with Crippen molar-refractivity contribution in [3.8, 4) is 39.1 Å². The molecule has 0 atom stereocenters. The number of para-hydroxylation sites is 3. The first-order chi connectivity index (χ1) is 25.8. The van der Waals surface area contributed by atoms with Crippen LogP contribution in [0.4, 0.5) is 22.7 Å². The normalized spacial score (nSPS) is 13.0. The molecular weight excluding hydrogens is 633 g/mol. The highest BCUT2D eigenvalue weighted by atomic mass is 15.2. The molecule has 9 aromatic rings. The van der Waals surface area contributed by atoms with Gasteiger partial charge in [0, 0.05) is 68.1 Å². The Morgan fingerprint density at radius 3 is 2.21 bits per heavy atom. The van der Waals surface area contributed by atoms with Crippen LogP contribution in [0.15, 0.2) is 170 Å². The lowest BCUT2D eigenvalue weighted by Crippen LogP contribution is -2.13. The standard InChI is InChI=1S/C48H32N4/c1-3-14-31(15-4-1)32-16-11-19-34(30-32)52-42-25-10-8-21-37(42)43-38-22-12-28-49-45(38)46-39(23-13-29-50-46)44(43)40-27-26-36-35-20-7-9-24-41(35)51(47(36)48(40)52)33-17-5-2-6-18-33/h1-27,29-30,49H,28H2. The van der Waals surface area contributed by atoms with Crippen molar-refractivity contribution in [1.82, 2.24) is 9.55 Å². The number of pyridine rings is 1. The van der Waals surface area contributed by atoms with Crippen LogP contribution in [0.1, 0.15) is 5.56 Å². The fraction of sp³-hybridized carbons (Fsp3) is 0.0208. The van der Waals surface area contributed by atoms with Crippen molar-refractivity contribution in [2.24, 2.45) is 0 Å². The van der Waals surface area contributed by atoms with E-state index >= 15 is 0 Å². The van der Waals surface area contributed by atoms with Crippen LogP contribution in [0.25, 0.3) is 77.9 Å². The molecule has 0 fully saturated rings. The molecule has 0 aliphatic carbocycles. The van der Waals surface area contributed by atoms with Crippen molar-refractivity contribution in [1.29, 1.82) is 0 Å². The van der Waals surface area contributed by atoms with E-state index in [4.69, 9.17) is 4.98 Å². The summed E-state index contributed by atoms with van der Waals surface area (Å²) >= 11 is 0. The minimum absolute atomic E-state index is 0.770. The molecule has 0 bridgehead atoms. The largest absolute Gasteiger partial charge is 0.379 e. The van der Waals surface area contributed by atoms with Gasteiger partial charge in [-0.05, 0) is 53.6 Å². The molecule has 11 rings (SSSR count). The summed E-state index contributed by atoms with van der Waals surface area (Å²) in [6.45, 7) is 0.770. The van der Waals surface area contributed by atoms with E-state index in [0.717, 1.165) is 45.9 Å². The first-order valence-electron chi connectivity index (χ1n) is 17.9. The maximum Gasteiger partial charge on any atom is 0.0946 e. The van der Waals surface area contributed by atoms with Crippen LogP contribution in [-0.2, 0) is 0 Å². The molecule has 0 unspecified atom stereocenters. The Hall–Kier alpha value is -6.91. The van der Waals surface area contributed by atoms with Crippen LogP contribution in [0.3, 0.4) is 0 Å². The van der Waals surface area contributed by atoms with Crippen LogP contribution >= 0.6 is 0 Å². The van der Waals surface area contributed by atoms with Crippen molar-refractivity contribution in [3.05, 3.63) is 176 Å². The molecule has 0 amide bonds. The van der Waals surface area contributed by atoms with Gasteiger partial charge in [-0.1, -0.05) is 127 Å². The van der Waals surface area contributed by atoms with Crippen molar-refractivity contribution >= 4 is 61.5 Å². The first kappa shape index (κ1) is 28.9. The lowest BCUT2D eigenvalue weighted by Gasteiger charge is -2.29. The van der Waals surface area contributed by atoms with Gasteiger partial charge in [0.05, 0.1) is 33.6 Å². The Kier molecular flexibility index (Phi) is 6.28. The van der Waals surface area contributed by atoms with Crippen molar-refractivity contribution < 1.29 is 0 Å². The SMILES string of the molecule is C1=Cc2c3c(c4cccnc4c2NC1)-c1ccc2c4ccccc4n(-c4ccccc4)c2c1N(c1cccc(-c2ccccc2)c1)c1ccccc1-3. The first-order valence-corrected chi connectivity index (χ1v) is 17.9. The minimum Gasteiger partial charge on any atom is -0.379 e. The van der Waals surface area contributed by atoms with Crippen molar-refractivity contribution in [2.75, 3.05) is 16.8 Å². The Labute approximate surface area is 301 Å². The second-order valence-electron chi connectivity index (χ2n) is 13.5.